The van der Waals surface area contributed by atoms with Gasteiger partial charge in [-0.2, -0.15) is 0 Å². The number of rotatable bonds is 3. The van der Waals surface area contributed by atoms with Crippen LogP contribution in [0.5, 0.6) is 5.75 Å². The molecule has 1 aromatic heterocycles. The monoisotopic (exact) mass is 261 g/mol. The molecule has 0 fully saturated rings. The van der Waals surface area contributed by atoms with Gasteiger partial charge in [0, 0.05) is 12.4 Å². The summed E-state index contributed by atoms with van der Waals surface area (Å²) in [4.78, 5) is 4.04. The maximum absolute atomic E-state index is 5.18. The summed E-state index contributed by atoms with van der Waals surface area (Å²) in [7, 11) is 1.68. The van der Waals surface area contributed by atoms with Gasteiger partial charge in [0.1, 0.15) is 5.75 Å². The van der Waals surface area contributed by atoms with Crippen LogP contribution in [0, 0.1) is 0 Å². The van der Waals surface area contributed by atoms with E-state index in [1.165, 1.54) is 22.3 Å². The Morgan fingerprint density at radius 2 is 1.00 bits per heavy atom. The predicted molar refractivity (Wildman–Crippen MR) is 81.7 cm³/mol. The zero-order chi connectivity index (χ0) is 13.8. The average Bonchev–Trinajstić information content (AvgIpc) is 2.56. The predicted octanol–water partition coefficient (Wildman–Crippen LogP) is 4.42. The first-order valence-electron chi connectivity index (χ1n) is 6.52. The number of methoxy groups -OCH3 is 1. The summed E-state index contributed by atoms with van der Waals surface area (Å²) < 4.78 is 5.18. The Bertz CT molecular complexity index is 673. The summed E-state index contributed by atoms with van der Waals surface area (Å²) in [6, 6.07) is 20.7. The van der Waals surface area contributed by atoms with Crippen molar-refractivity contribution in [1.82, 2.24) is 4.98 Å². The Morgan fingerprint density at radius 1 is 0.600 bits per heavy atom. The molecule has 0 N–H and O–H groups in total. The number of benzene rings is 2. The number of hydrogen-bond donors (Lipinski definition) is 0. The molecule has 0 aliphatic rings. The zero-order valence-electron chi connectivity index (χ0n) is 11.3. The quantitative estimate of drug-likeness (QED) is 0.696. The lowest BCUT2D eigenvalue weighted by Gasteiger charge is -2.06. The third kappa shape index (κ3) is 2.54. The molecule has 3 aromatic rings. The molecule has 0 radical (unpaired) electrons. The summed E-state index contributed by atoms with van der Waals surface area (Å²) in [5.74, 6) is 0.877. The zero-order valence-corrected chi connectivity index (χ0v) is 11.3. The van der Waals surface area contributed by atoms with Crippen LogP contribution in [0.15, 0.2) is 73.1 Å². The first kappa shape index (κ1) is 12.4. The summed E-state index contributed by atoms with van der Waals surface area (Å²) in [5, 5.41) is 0. The molecule has 2 nitrogen and oxygen atoms in total. The molecule has 2 aromatic carbocycles. The standard InChI is InChI=1S/C18H15NO/c1-20-18-8-6-16(7-9-18)14-2-4-15(5-3-14)17-10-12-19-13-11-17/h2-13H,1H3. The van der Waals surface area contributed by atoms with E-state index in [1.54, 1.807) is 7.11 Å². The van der Waals surface area contributed by atoms with E-state index in [0.717, 1.165) is 5.75 Å². The highest BCUT2D eigenvalue weighted by Gasteiger charge is 2.00. The van der Waals surface area contributed by atoms with Crippen molar-refractivity contribution in [2.75, 3.05) is 7.11 Å². The SMILES string of the molecule is COc1ccc(-c2ccc(-c3ccncc3)cc2)cc1. The molecule has 0 saturated heterocycles. The van der Waals surface area contributed by atoms with E-state index in [-0.39, 0.29) is 0 Å². The topological polar surface area (TPSA) is 22.1 Å². The van der Waals surface area contributed by atoms with Crippen molar-refractivity contribution in [3.05, 3.63) is 73.1 Å². The van der Waals surface area contributed by atoms with Crippen LogP contribution in [0.4, 0.5) is 0 Å². The summed E-state index contributed by atoms with van der Waals surface area (Å²) >= 11 is 0. The Labute approximate surface area is 118 Å². The highest BCUT2D eigenvalue weighted by Crippen LogP contribution is 2.25. The van der Waals surface area contributed by atoms with E-state index in [0.29, 0.717) is 0 Å². The molecule has 20 heavy (non-hydrogen) atoms. The van der Waals surface area contributed by atoms with Gasteiger partial charge in [-0.3, -0.25) is 4.98 Å². The third-order valence-electron chi connectivity index (χ3n) is 3.32. The summed E-state index contributed by atoms with van der Waals surface area (Å²) in [5.41, 5.74) is 4.77. The van der Waals surface area contributed by atoms with Gasteiger partial charge in [0.25, 0.3) is 0 Å². The number of aromatic nitrogens is 1. The maximum Gasteiger partial charge on any atom is 0.118 e. The lowest BCUT2D eigenvalue weighted by Crippen LogP contribution is -1.83. The second-order valence-corrected chi connectivity index (χ2v) is 4.54. The average molecular weight is 261 g/mol. The Kier molecular flexibility index (Phi) is 3.46. The van der Waals surface area contributed by atoms with Gasteiger partial charge in [0.2, 0.25) is 0 Å². The fourth-order valence-corrected chi connectivity index (χ4v) is 2.18. The maximum atomic E-state index is 5.18. The van der Waals surface area contributed by atoms with Gasteiger partial charge in [-0.25, -0.2) is 0 Å². The van der Waals surface area contributed by atoms with Crippen molar-refractivity contribution in [2.45, 2.75) is 0 Å². The van der Waals surface area contributed by atoms with Crippen LogP contribution in [0.3, 0.4) is 0 Å². The molecule has 0 spiro atoms. The molecule has 0 saturated carbocycles. The molecular formula is C18H15NO. The fourth-order valence-electron chi connectivity index (χ4n) is 2.18. The first-order valence-corrected chi connectivity index (χ1v) is 6.52. The summed E-state index contributed by atoms with van der Waals surface area (Å²) in [6.45, 7) is 0. The van der Waals surface area contributed by atoms with Crippen LogP contribution in [-0.4, -0.2) is 12.1 Å². The van der Waals surface area contributed by atoms with Crippen molar-refractivity contribution in [3.8, 4) is 28.0 Å². The third-order valence-corrected chi connectivity index (χ3v) is 3.32. The first-order chi connectivity index (χ1) is 9.86. The fraction of sp³-hybridized carbons (Fsp3) is 0.0556. The molecule has 0 aliphatic carbocycles. The Hall–Kier alpha value is -2.61. The molecule has 0 unspecified atom stereocenters. The molecular weight excluding hydrogens is 246 g/mol. The molecule has 98 valence electrons. The minimum atomic E-state index is 0.877. The smallest absolute Gasteiger partial charge is 0.118 e. The Balaban J connectivity index is 1.89. The van der Waals surface area contributed by atoms with Crippen LogP contribution in [0.2, 0.25) is 0 Å². The molecule has 1 heterocycles. The van der Waals surface area contributed by atoms with E-state index in [2.05, 4.69) is 41.4 Å². The van der Waals surface area contributed by atoms with Crippen LogP contribution < -0.4 is 4.74 Å². The van der Waals surface area contributed by atoms with Crippen molar-refractivity contribution in [3.63, 3.8) is 0 Å². The second-order valence-electron chi connectivity index (χ2n) is 4.54. The highest BCUT2D eigenvalue weighted by molar-refractivity contribution is 5.70. The Morgan fingerprint density at radius 3 is 1.45 bits per heavy atom. The molecule has 0 bridgehead atoms. The van der Waals surface area contributed by atoms with Gasteiger partial charge < -0.3 is 4.74 Å². The van der Waals surface area contributed by atoms with Crippen molar-refractivity contribution < 1.29 is 4.74 Å². The van der Waals surface area contributed by atoms with Crippen LogP contribution in [0.1, 0.15) is 0 Å². The van der Waals surface area contributed by atoms with Crippen molar-refractivity contribution >= 4 is 0 Å². The second kappa shape index (κ2) is 5.57. The van der Waals surface area contributed by atoms with Gasteiger partial charge in [0.15, 0.2) is 0 Å². The molecule has 2 heteroatoms. The number of ether oxygens (including phenoxy) is 1. The van der Waals surface area contributed by atoms with Gasteiger partial charge in [-0.15, -0.1) is 0 Å². The van der Waals surface area contributed by atoms with Crippen molar-refractivity contribution in [2.24, 2.45) is 0 Å². The number of pyridine rings is 1. The van der Waals surface area contributed by atoms with E-state index in [1.807, 2.05) is 36.7 Å². The number of nitrogens with zero attached hydrogens (tertiary/aromatic N) is 1. The van der Waals surface area contributed by atoms with Gasteiger partial charge in [-0.1, -0.05) is 36.4 Å². The van der Waals surface area contributed by atoms with E-state index in [4.69, 9.17) is 4.74 Å². The van der Waals surface area contributed by atoms with Crippen LogP contribution in [-0.2, 0) is 0 Å². The summed E-state index contributed by atoms with van der Waals surface area (Å²) in [6.07, 6.45) is 3.62. The van der Waals surface area contributed by atoms with Crippen molar-refractivity contribution in [1.29, 1.82) is 0 Å². The lowest BCUT2D eigenvalue weighted by atomic mass is 10.0. The highest BCUT2D eigenvalue weighted by atomic mass is 16.5. The van der Waals surface area contributed by atoms with Crippen LogP contribution >= 0.6 is 0 Å². The largest absolute Gasteiger partial charge is 0.497 e. The molecule has 0 amide bonds. The lowest BCUT2D eigenvalue weighted by molar-refractivity contribution is 0.415. The van der Waals surface area contributed by atoms with E-state index in [9.17, 15) is 0 Å². The van der Waals surface area contributed by atoms with E-state index < -0.39 is 0 Å². The van der Waals surface area contributed by atoms with Crippen LogP contribution in [0.25, 0.3) is 22.3 Å². The van der Waals surface area contributed by atoms with E-state index >= 15 is 0 Å². The van der Waals surface area contributed by atoms with Gasteiger partial charge in [0.05, 0.1) is 7.11 Å². The molecule has 0 aliphatic heterocycles. The minimum absolute atomic E-state index is 0.877. The molecule has 0 atom stereocenters. The number of hydrogen-bond acceptors (Lipinski definition) is 2. The normalized spacial score (nSPS) is 10.2. The minimum Gasteiger partial charge on any atom is -0.497 e. The van der Waals surface area contributed by atoms with Gasteiger partial charge in [-0.05, 0) is 46.5 Å². The molecule has 3 rings (SSSR count). The van der Waals surface area contributed by atoms with Gasteiger partial charge >= 0.3 is 0 Å².